The van der Waals surface area contributed by atoms with E-state index in [0.29, 0.717) is 38.9 Å². The highest BCUT2D eigenvalue weighted by Crippen LogP contribution is 2.29. The first kappa shape index (κ1) is 25.2. The van der Waals surface area contributed by atoms with Crippen molar-refractivity contribution in [2.45, 2.75) is 51.7 Å². The van der Waals surface area contributed by atoms with Gasteiger partial charge in [0.1, 0.15) is 18.3 Å². The van der Waals surface area contributed by atoms with Gasteiger partial charge >= 0.3 is 12.2 Å². The first-order valence-corrected chi connectivity index (χ1v) is 12.2. The van der Waals surface area contributed by atoms with Crippen molar-refractivity contribution in [3.05, 3.63) is 0 Å². The highest BCUT2D eigenvalue weighted by atomic mass is 32.2. The van der Waals surface area contributed by atoms with Crippen molar-refractivity contribution in [2.75, 3.05) is 39.0 Å². The number of carbonyl (C=O) groups excluding carboxylic acids is 2. The minimum absolute atomic E-state index is 0.0558. The number of piperidine rings is 1. The Morgan fingerprint density at radius 3 is 2.45 bits per heavy atom. The Labute approximate surface area is 183 Å². The van der Waals surface area contributed by atoms with Crippen LogP contribution >= 0.6 is 0 Å². The molecule has 0 saturated carbocycles. The predicted octanol–water partition coefficient (Wildman–Crippen LogP) is 1.37. The highest BCUT2D eigenvalue weighted by Gasteiger charge is 2.35. The number of carbonyl (C=O) groups is 2. The quantitative estimate of drug-likeness (QED) is 0.312. The van der Waals surface area contributed by atoms with Gasteiger partial charge in [-0.25, -0.2) is 9.59 Å². The molecule has 2 aliphatic heterocycles. The van der Waals surface area contributed by atoms with Gasteiger partial charge < -0.3 is 25.0 Å². The fourth-order valence-corrected chi connectivity index (χ4v) is 4.19. The van der Waals surface area contributed by atoms with Crippen molar-refractivity contribution in [2.24, 2.45) is 17.6 Å². The molecule has 31 heavy (non-hydrogen) atoms. The third-order valence-electron chi connectivity index (χ3n) is 5.29. The van der Waals surface area contributed by atoms with Crippen LogP contribution in [0.5, 0.6) is 0 Å². The standard InChI is InChI=1S/C19H34N4O7S/c1-19(2,3)30-18(25)22-8-5-13(6-9-22)15(16(20)21)7-10-23-11-14(29-17(23)24)12-28-31(4,26)27/h13-15H,5-12H2,1-4H3,(H3,20,21). The van der Waals surface area contributed by atoms with Gasteiger partial charge in [-0.1, -0.05) is 0 Å². The molecule has 2 unspecified atom stereocenters. The van der Waals surface area contributed by atoms with E-state index >= 15 is 0 Å². The van der Waals surface area contributed by atoms with Crippen LogP contribution in [-0.4, -0.2) is 87.0 Å². The summed E-state index contributed by atoms with van der Waals surface area (Å²) in [5.41, 5.74) is 5.29. The van der Waals surface area contributed by atoms with Crippen molar-refractivity contribution in [3.63, 3.8) is 0 Å². The second kappa shape index (κ2) is 10.0. The van der Waals surface area contributed by atoms with Gasteiger partial charge in [-0.2, -0.15) is 8.42 Å². The number of amidine groups is 1. The maximum atomic E-state index is 12.2. The molecule has 2 fully saturated rings. The Morgan fingerprint density at radius 1 is 1.32 bits per heavy atom. The average molecular weight is 463 g/mol. The van der Waals surface area contributed by atoms with E-state index in [1.807, 2.05) is 20.8 Å². The van der Waals surface area contributed by atoms with E-state index in [1.165, 1.54) is 4.90 Å². The molecule has 12 heteroatoms. The smallest absolute Gasteiger partial charge is 0.410 e. The number of likely N-dealkylation sites (tertiary alicyclic amines) is 1. The lowest BCUT2D eigenvalue weighted by Gasteiger charge is -2.36. The number of rotatable bonds is 8. The molecule has 178 valence electrons. The molecule has 2 saturated heterocycles. The summed E-state index contributed by atoms with van der Waals surface area (Å²) in [7, 11) is -3.61. The zero-order valence-corrected chi connectivity index (χ0v) is 19.4. The highest BCUT2D eigenvalue weighted by molar-refractivity contribution is 7.85. The largest absolute Gasteiger partial charge is 0.444 e. The summed E-state index contributed by atoms with van der Waals surface area (Å²) in [6.07, 6.45) is 1.28. The van der Waals surface area contributed by atoms with Crippen molar-refractivity contribution < 1.29 is 31.7 Å². The Balaban J connectivity index is 1.84. The first-order chi connectivity index (χ1) is 14.2. The summed E-state index contributed by atoms with van der Waals surface area (Å²) in [4.78, 5) is 27.4. The number of hydrogen-bond donors (Lipinski definition) is 2. The molecular formula is C19H34N4O7S. The first-order valence-electron chi connectivity index (χ1n) is 10.4. The van der Waals surface area contributed by atoms with Gasteiger partial charge in [0.25, 0.3) is 10.1 Å². The molecule has 11 nitrogen and oxygen atoms in total. The summed E-state index contributed by atoms with van der Waals surface area (Å²) in [6.45, 7) is 6.86. The molecule has 2 atom stereocenters. The van der Waals surface area contributed by atoms with Crippen LogP contribution in [0.15, 0.2) is 0 Å². The lowest BCUT2D eigenvalue weighted by Crippen LogP contribution is -2.44. The van der Waals surface area contributed by atoms with E-state index in [0.717, 1.165) is 6.26 Å². The summed E-state index contributed by atoms with van der Waals surface area (Å²) in [6, 6.07) is 0. The van der Waals surface area contributed by atoms with Gasteiger partial charge in [-0.3, -0.25) is 9.59 Å². The number of nitrogens with zero attached hydrogens (tertiary/aromatic N) is 2. The monoisotopic (exact) mass is 462 g/mol. The molecule has 2 heterocycles. The topological polar surface area (TPSA) is 152 Å². The Kier molecular flexibility index (Phi) is 8.15. The number of nitrogens with one attached hydrogen (secondary N) is 1. The van der Waals surface area contributed by atoms with E-state index in [-0.39, 0.29) is 36.9 Å². The lowest BCUT2D eigenvalue weighted by molar-refractivity contribution is 0.0169. The summed E-state index contributed by atoms with van der Waals surface area (Å²) >= 11 is 0. The SMILES string of the molecule is CC(C)(C)OC(=O)N1CCC(C(CCN2CC(COS(C)(=O)=O)OC2=O)C(=N)N)CC1. The van der Waals surface area contributed by atoms with Crippen LogP contribution in [0.2, 0.25) is 0 Å². The third-order valence-corrected chi connectivity index (χ3v) is 5.85. The molecule has 2 rings (SSSR count). The lowest BCUT2D eigenvalue weighted by atomic mass is 9.81. The van der Waals surface area contributed by atoms with Gasteiger partial charge in [0.15, 0.2) is 0 Å². The molecule has 0 aliphatic carbocycles. The van der Waals surface area contributed by atoms with E-state index in [1.54, 1.807) is 4.90 Å². The molecular weight excluding hydrogens is 428 g/mol. The number of ether oxygens (including phenoxy) is 2. The van der Waals surface area contributed by atoms with Gasteiger partial charge in [-0.05, 0) is 46.0 Å². The molecule has 2 amide bonds. The van der Waals surface area contributed by atoms with E-state index in [4.69, 9.17) is 24.8 Å². The molecule has 3 N–H and O–H groups in total. The van der Waals surface area contributed by atoms with Crippen LogP contribution in [0.3, 0.4) is 0 Å². The minimum Gasteiger partial charge on any atom is -0.444 e. The molecule has 0 bridgehead atoms. The second-order valence-electron chi connectivity index (χ2n) is 9.10. The summed E-state index contributed by atoms with van der Waals surface area (Å²) in [5.74, 6) is -0.0423. The van der Waals surface area contributed by atoms with Crippen LogP contribution in [0.25, 0.3) is 0 Å². The van der Waals surface area contributed by atoms with E-state index in [2.05, 4.69) is 0 Å². The predicted molar refractivity (Wildman–Crippen MR) is 113 cm³/mol. The summed E-state index contributed by atoms with van der Waals surface area (Å²) in [5, 5.41) is 7.99. The van der Waals surface area contributed by atoms with Crippen molar-refractivity contribution in [3.8, 4) is 0 Å². The van der Waals surface area contributed by atoms with Gasteiger partial charge in [0, 0.05) is 25.6 Å². The molecule has 0 aromatic carbocycles. The van der Waals surface area contributed by atoms with E-state index in [9.17, 15) is 18.0 Å². The minimum atomic E-state index is -3.61. The number of hydrogen-bond acceptors (Lipinski definition) is 8. The third kappa shape index (κ3) is 8.17. The van der Waals surface area contributed by atoms with Crippen LogP contribution < -0.4 is 5.73 Å². The molecule has 0 aromatic heterocycles. The molecule has 0 radical (unpaired) electrons. The number of nitrogens with two attached hydrogens (primary N) is 1. The van der Waals surface area contributed by atoms with Gasteiger partial charge in [0.2, 0.25) is 0 Å². The Hall–Kier alpha value is -2.08. The van der Waals surface area contributed by atoms with Crippen LogP contribution in [0.1, 0.15) is 40.0 Å². The van der Waals surface area contributed by atoms with Gasteiger partial charge in [-0.15, -0.1) is 0 Å². The number of amides is 2. The fourth-order valence-electron chi connectivity index (χ4n) is 3.79. The Morgan fingerprint density at radius 2 is 1.94 bits per heavy atom. The second-order valence-corrected chi connectivity index (χ2v) is 10.7. The van der Waals surface area contributed by atoms with Crippen LogP contribution in [-0.2, 0) is 23.8 Å². The summed E-state index contributed by atoms with van der Waals surface area (Å²) < 4.78 is 37.5. The zero-order chi connectivity index (χ0) is 23.4. The molecule has 2 aliphatic rings. The molecule has 0 aromatic rings. The van der Waals surface area contributed by atoms with Gasteiger partial charge in [0.05, 0.1) is 18.6 Å². The zero-order valence-electron chi connectivity index (χ0n) is 18.6. The maximum Gasteiger partial charge on any atom is 0.410 e. The fraction of sp³-hybridized carbons (Fsp3) is 0.842. The van der Waals surface area contributed by atoms with E-state index < -0.39 is 27.9 Å². The van der Waals surface area contributed by atoms with Crippen LogP contribution in [0.4, 0.5) is 9.59 Å². The normalized spacial score (nSPS) is 21.7. The van der Waals surface area contributed by atoms with Crippen molar-refractivity contribution in [1.82, 2.24) is 9.80 Å². The van der Waals surface area contributed by atoms with Crippen molar-refractivity contribution in [1.29, 1.82) is 5.41 Å². The van der Waals surface area contributed by atoms with Crippen molar-refractivity contribution >= 4 is 28.1 Å². The average Bonchev–Trinajstić information content (AvgIpc) is 2.98. The number of cyclic esters (lactones) is 1. The Bertz CT molecular complexity index is 773. The van der Waals surface area contributed by atoms with Crippen LogP contribution in [0, 0.1) is 17.2 Å². The maximum absolute atomic E-state index is 12.2. The molecule has 0 spiro atoms.